The second-order valence-electron chi connectivity index (χ2n) is 5.63. The van der Waals surface area contributed by atoms with Crippen LogP contribution in [0.5, 0.6) is 0 Å². The highest BCUT2D eigenvalue weighted by Crippen LogP contribution is 2.28. The van der Waals surface area contributed by atoms with E-state index in [9.17, 15) is 0 Å². The number of nitrogens with zero attached hydrogens (tertiary/aromatic N) is 3. The minimum Gasteiger partial charge on any atom is -0.340 e. The Bertz CT molecular complexity index is 616. The van der Waals surface area contributed by atoms with E-state index in [0.717, 1.165) is 54.3 Å². The monoisotopic (exact) mass is 349 g/mol. The number of nitrogens with one attached hydrogen (secondary N) is 1. The lowest BCUT2D eigenvalue weighted by atomic mass is 9.97. The second kappa shape index (κ2) is 6.15. The van der Waals surface area contributed by atoms with Crippen molar-refractivity contribution in [2.75, 3.05) is 24.5 Å². The summed E-state index contributed by atoms with van der Waals surface area (Å²) in [6, 6.07) is 6.23. The van der Waals surface area contributed by atoms with Crippen molar-refractivity contribution in [2.45, 2.75) is 19.8 Å². The van der Waals surface area contributed by atoms with Gasteiger partial charge in [0.25, 0.3) is 0 Å². The zero-order valence-corrected chi connectivity index (χ0v) is 13.7. The Labute approximate surface area is 133 Å². The molecule has 6 heteroatoms. The first-order valence-electron chi connectivity index (χ1n) is 7.31. The van der Waals surface area contributed by atoms with Crippen LogP contribution in [0.3, 0.4) is 0 Å². The molecule has 21 heavy (non-hydrogen) atoms. The third kappa shape index (κ3) is 3.11. The van der Waals surface area contributed by atoms with Crippen LogP contribution in [0.15, 0.2) is 22.7 Å². The van der Waals surface area contributed by atoms with E-state index in [1.54, 1.807) is 0 Å². The average Bonchev–Trinajstić information content (AvgIpc) is 2.97. The molecule has 0 atom stereocenters. The molecule has 1 aliphatic rings. The molecular weight excluding hydrogens is 330 g/mol. The summed E-state index contributed by atoms with van der Waals surface area (Å²) in [4.78, 5) is 6.87. The topological polar surface area (TPSA) is 70.8 Å². The molecule has 0 spiro atoms. The van der Waals surface area contributed by atoms with E-state index >= 15 is 0 Å². The fourth-order valence-corrected chi connectivity index (χ4v) is 3.38. The highest BCUT2D eigenvalue weighted by Gasteiger charge is 2.21. The standard InChI is InChI=1S/C15H20BrN5/c1-10-2-3-12(13(16)8-10)14-18-15(20-19-14)21-6-4-11(9-17)5-7-21/h2-3,8,11H,4-7,9,17H2,1H3,(H,18,19,20). The Balaban J connectivity index is 1.77. The number of nitrogens with two attached hydrogens (primary N) is 1. The average molecular weight is 350 g/mol. The molecule has 3 rings (SSSR count). The summed E-state index contributed by atoms with van der Waals surface area (Å²) in [5.41, 5.74) is 7.99. The lowest BCUT2D eigenvalue weighted by Gasteiger charge is -2.30. The number of hydrogen-bond donors (Lipinski definition) is 2. The van der Waals surface area contributed by atoms with Crippen LogP contribution in [0, 0.1) is 12.8 Å². The Kier molecular flexibility index (Phi) is 4.26. The van der Waals surface area contributed by atoms with Gasteiger partial charge in [-0.3, -0.25) is 5.10 Å². The summed E-state index contributed by atoms with van der Waals surface area (Å²) in [7, 11) is 0. The molecule has 1 aromatic heterocycles. The van der Waals surface area contributed by atoms with Gasteiger partial charge < -0.3 is 10.6 Å². The summed E-state index contributed by atoms with van der Waals surface area (Å²) in [5, 5.41) is 7.42. The van der Waals surface area contributed by atoms with Gasteiger partial charge in [0.2, 0.25) is 5.95 Å². The largest absolute Gasteiger partial charge is 0.340 e. The van der Waals surface area contributed by atoms with Gasteiger partial charge in [0.05, 0.1) is 0 Å². The van der Waals surface area contributed by atoms with Crippen LogP contribution in [-0.4, -0.2) is 34.8 Å². The highest BCUT2D eigenvalue weighted by atomic mass is 79.9. The maximum atomic E-state index is 5.74. The van der Waals surface area contributed by atoms with Gasteiger partial charge >= 0.3 is 0 Å². The van der Waals surface area contributed by atoms with Crippen molar-refractivity contribution in [1.29, 1.82) is 0 Å². The molecule has 1 aromatic carbocycles. The maximum absolute atomic E-state index is 5.74. The van der Waals surface area contributed by atoms with Gasteiger partial charge in [0.1, 0.15) is 0 Å². The van der Waals surface area contributed by atoms with Gasteiger partial charge in [-0.1, -0.05) is 22.0 Å². The number of rotatable bonds is 3. The first-order chi connectivity index (χ1) is 10.2. The fraction of sp³-hybridized carbons (Fsp3) is 0.467. The Morgan fingerprint density at radius 3 is 2.81 bits per heavy atom. The molecule has 1 fully saturated rings. The number of anilines is 1. The van der Waals surface area contributed by atoms with Crippen molar-refractivity contribution in [3.05, 3.63) is 28.2 Å². The normalized spacial score (nSPS) is 16.4. The summed E-state index contributed by atoms with van der Waals surface area (Å²) >= 11 is 3.59. The summed E-state index contributed by atoms with van der Waals surface area (Å²) < 4.78 is 1.03. The molecular formula is C15H20BrN5. The molecule has 0 unspecified atom stereocenters. The summed E-state index contributed by atoms with van der Waals surface area (Å²) in [6.45, 7) is 4.81. The first-order valence-corrected chi connectivity index (χ1v) is 8.10. The quantitative estimate of drug-likeness (QED) is 0.893. The van der Waals surface area contributed by atoms with Gasteiger partial charge in [-0.05, 0) is 49.9 Å². The van der Waals surface area contributed by atoms with E-state index in [4.69, 9.17) is 5.73 Å². The molecule has 0 saturated carbocycles. The highest BCUT2D eigenvalue weighted by molar-refractivity contribution is 9.10. The molecule has 3 N–H and O–H groups in total. The Hall–Kier alpha value is -1.40. The van der Waals surface area contributed by atoms with E-state index in [2.05, 4.69) is 61.1 Å². The van der Waals surface area contributed by atoms with Crippen molar-refractivity contribution in [3.63, 3.8) is 0 Å². The van der Waals surface area contributed by atoms with Gasteiger partial charge in [-0.15, -0.1) is 5.10 Å². The molecule has 0 aliphatic carbocycles. The van der Waals surface area contributed by atoms with Gasteiger partial charge in [0.15, 0.2) is 5.82 Å². The van der Waals surface area contributed by atoms with Crippen LogP contribution in [0.4, 0.5) is 5.95 Å². The lowest BCUT2D eigenvalue weighted by Crippen LogP contribution is -2.36. The lowest BCUT2D eigenvalue weighted by molar-refractivity contribution is 0.411. The number of aryl methyl sites for hydroxylation is 1. The van der Waals surface area contributed by atoms with Crippen molar-refractivity contribution in [2.24, 2.45) is 11.7 Å². The van der Waals surface area contributed by atoms with Crippen molar-refractivity contribution < 1.29 is 0 Å². The van der Waals surface area contributed by atoms with Crippen molar-refractivity contribution in [3.8, 4) is 11.4 Å². The SMILES string of the molecule is Cc1ccc(-c2nc(N3CCC(CN)CC3)n[nH]2)c(Br)c1. The van der Waals surface area contributed by atoms with E-state index < -0.39 is 0 Å². The van der Waals surface area contributed by atoms with E-state index in [1.165, 1.54) is 5.56 Å². The van der Waals surface area contributed by atoms with E-state index in [-0.39, 0.29) is 0 Å². The third-order valence-electron chi connectivity index (χ3n) is 4.08. The van der Waals surface area contributed by atoms with Crippen LogP contribution in [-0.2, 0) is 0 Å². The number of benzene rings is 1. The third-order valence-corrected chi connectivity index (χ3v) is 4.74. The number of piperidine rings is 1. The predicted molar refractivity (Wildman–Crippen MR) is 88.2 cm³/mol. The molecule has 2 heterocycles. The molecule has 0 bridgehead atoms. The molecule has 112 valence electrons. The van der Waals surface area contributed by atoms with Gasteiger partial charge in [0, 0.05) is 23.1 Å². The summed E-state index contributed by atoms with van der Waals surface area (Å²) in [6.07, 6.45) is 2.24. The molecule has 2 aromatic rings. The number of aromatic amines is 1. The summed E-state index contributed by atoms with van der Waals surface area (Å²) in [5.74, 6) is 2.23. The number of halogens is 1. The fourth-order valence-electron chi connectivity index (χ4n) is 2.70. The zero-order valence-electron chi connectivity index (χ0n) is 12.1. The zero-order chi connectivity index (χ0) is 14.8. The van der Waals surface area contributed by atoms with Gasteiger partial charge in [-0.2, -0.15) is 4.98 Å². The molecule has 0 radical (unpaired) electrons. The van der Waals surface area contributed by atoms with Crippen LogP contribution >= 0.6 is 15.9 Å². The Morgan fingerprint density at radius 1 is 1.38 bits per heavy atom. The van der Waals surface area contributed by atoms with Crippen molar-refractivity contribution >= 4 is 21.9 Å². The second-order valence-corrected chi connectivity index (χ2v) is 6.49. The molecule has 0 amide bonds. The van der Waals surface area contributed by atoms with Gasteiger partial charge in [-0.25, -0.2) is 0 Å². The number of aromatic nitrogens is 3. The Morgan fingerprint density at radius 2 is 2.14 bits per heavy atom. The van der Waals surface area contributed by atoms with Crippen LogP contribution in [0.25, 0.3) is 11.4 Å². The van der Waals surface area contributed by atoms with E-state index in [1.807, 2.05) is 0 Å². The molecule has 1 saturated heterocycles. The minimum atomic E-state index is 0.644. The smallest absolute Gasteiger partial charge is 0.245 e. The van der Waals surface area contributed by atoms with E-state index in [0.29, 0.717) is 5.92 Å². The number of H-pyrrole nitrogens is 1. The van der Waals surface area contributed by atoms with Crippen LogP contribution in [0.2, 0.25) is 0 Å². The van der Waals surface area contributed by atoms with Crippen LogP contribution < -0.4 is 10.6 Å². The maximum Gasteiger partial charge on any atom is 0.245 e. The first kappa shape index (κ1) is 14.5. The van der Waals surface area contributed by atoms with Crippen molar-refractivity contribution in [1.82, 2.24) is 15.2 Å². The molecule has 1 aliphatic heterocycles. The van der Waals surface area contributed by atoms with Crippen LogP contribution in [0.1, 0.15) is 18.4 Å². The number of hydrogen-bond acceptors (Lipinski definition) is 4. The molecule has 5 nitrogen and oxygen atoms in total. The predicted octanol–water partition coefficient (Wildman–Crippen LogP) is 2.72. The minimum absolute atomic E-state index is 0.644.